The molecule has 0 aliphatic heterocycles. The van der Waals surface area contributed by atoms with Crippen molar-refractivity contribution in [2.75, 3.05) is 19.6 Å². The van der Waals surface area contributed by atoms with Crippen LogP contribution < -0.4 is 10.6 Å². The number of fused-ring (bicyclic) bond motifs is 1. The summed E-state index contributed by atoms with van der Waals surface area (Å²) in [5.41, 5.74) is 1.53. The van der Waals surface area contributed by atoms with Gasteiger partial charge in [0.25, 0.3) is 5.91 Å². The number of benzene rings is 1. The van der Waals surface area contributed by atoms with E-state index >= 15 is 0 Å². The van der Waals surface area contributed by atoms with E-state index in [1.807, 2.05) is 38.1 Å². The first-order valence-corrected chi connectivity index (χ1v) is 8.24. The fourth-order valence-electron chi connectivity index (χ4n) is 2.32. The molecular weight excluding hydrogens is 292 g/mol. The lowest BCUT2D eigenvalue weighted by Gasteiger charge is -2.09. The first-order valence-electron chi connectivity index (χ1n) is 8.24. The van der Waals surface area contributed by atoms with Gasteiger partial charge in [-0.25, -0.2) is 0 Å². The standard InChI is InChI=1S/C18H26N2O3/c1-4-9-19-10-11-20-18(21)17-15(12-22-13(2)3)14-7-5-6-8-16(14)23-17/h5-8,13,19H,4,9-12H2,1-3H3,(H,20,21). The number of nitrogens with one attached hydrogen (secondary N) is 2. The summed E-state index contributed by atoms with van der Waals surface area (Å²) >= 11 is 0. The van der Waals surface area contributed by atoms with Gasteiger partial charge in [0.1, 0.15) is 5.58 Å². The fraction of sp³-hybridized carbons (Fsp3) is 0.500. The lowest BCUT2D eigenvalue weighted by Crippen LogP contribution is -2.32. The Balaban J connectivity index is 2.11. The summed E-state index contributed by atoms with van der Waals surface area (Å²) < 4.78 is 11.4. The highest BCUT2D eigenvalue weighted by atomic mass is 16.5. The maximum Gasteiger partial charge on any atom is 0.287 e. The summed E-state index contributed by atoms with van der Waals surface area (Å²) in [5.74, 6) is 0.157. The zero-order valence-corrected chi connectivity index (χ0v) is 14.1. The molecule has 0 bridgehead atoms. The normalized spacial score (nSPS) is 11.3. The molecule has 2 rings (SSSR count). The SMILES string of the molecule is CCCNCCNC(=O)c1oc2ccccc2c1COC(C)C. The molecule has 0 unspecified atom stereocenters. The second-order valence-electron chi connectivity index (χ2n) is 5.77. The van der Waals surface area contributed by atoms with Gasteiger partial charge in [0.15, 0.2) is 5.76 Å². The minimum atomic E-state index is -0.193. The van der Waals surface area contributed by atoms with E-state index in [4.69, 9.17) is 9.15 Å². The largest absolute Gasteiger partial charge is 0.451 e. The van der Waals surface area contributed by atoms with E-state index in [-0.39, 0.29) is 12.0 Å². The predicted octanol–water partition coefficient (Wildman–Crippen LogP) is 3.09. The Morgan fingerprint density at radius 2 is 2.00 bits per heavy atom. The summed E-state index contributed by atoms with van der Waals surface area (Å²) in [6, 6.07) is 7.66. The number of furan rings is 1. The van der Waals surface area contributed by atoms with Gasteiger partial charge in [-0.3, -0.25) is 4.79 Å². The Bertz CT molecular complexity index is 634. The molecule has 23 heavy (non-hydrogen) atoms. The molecule has 2 N–H and O–H groups in total. The Hall–Kier alpha value is -1.85. The number of carbonyl (C=O) groups excluding carboxylic acids is 1. The van der Waals surface area contributed by atoms with Crippen molar-refractivity contribution in [1.82, 2.24) is 10.6 Å². The van der Waals surface area contributed by atoms with Crippen molar-refractivity contribution < 1.29 is 13.9 Å². The Morgan fingerprint density at radius 3 is 2.74 bits per heavy atom. The molecular formula is C18H26N2O3. The molecule has 5 heteroatoms. The Labute approximate surface area is 137 Å². The highest BCUT2D eigenvalue weighted by Gasteiger charge is 2.20. The zero-order chi connectivity index (χ0) is 16.7. The first kappa shape index (κ1) is 17.5. The topological polar surface area (TPSA) is 63.5 Å². The summed E-state index contributed by atoms with van der Waals surface area (Å²) in [6.07, 6.45) is 1.17. The highest BCUT2D eigenvalue weighted by molar-refractivity contribution is 5.99. The van der Waals surface area contributed by atoms with Crippen LogP contribution in [0.1, 0.15) is 43.3 Å². The summed E-state index contributed by atoms with van der Waals surface area (Å²) in [5, 5.41) is 7.08. The van der Waals surface area contributed by atoms with Crippen LogP contribution in [0.15, 0.2) is 28.7 Å². The minimum Gasteiger partial charge on any atom is -0.451 e. The molecule has 0 atom stereocenters. The number of hydrogen-bond donors (Lipinski definition) is 2. The van der Waals surface area contributed by atoms with E-state index in [2.05, 4.69) is 17.6 Å². The van der Waals surface area contributed by atoms with Gasteiger partial charge in [-0.2, -0.15) is 0 Å². The molecule has 0 fully saturated rings. The molecule has 0 spiro atoms. The average Bonchev–Trinajstić information content (AvgIpc) is 2.91. The number of ether oxygens (including phenoxy) is 1. The lowest BCUT2D eigenvalue weighted by molar-refractivity contribution is 0.0643. The third-order valence-electron chi connectivity index (χ3n) is 3.48. The average molecular weight is 318 g/mol. The van der Waals surface area contributed by atoms with Crippen LogP contribution in [0.4, 0.5) is 0 Å². The third-order valence-corrected chi connectivity index (χ3v) is 3.48. The number of amides is 1. The van der Waals surface area contributed by atoms with E-state index < -0.39 is 0 Å². The monoisotopic (exact) mass is 318 g/mol. The van der Waals surface area contributed by atoms with Gasteiger partial charge in [-0.1, -0.05) is 25.1 Å². The van der Waals surface area contributed by atoms with E-state index in [9.17, 15) is 4.79 Å². The molecule has 0 aliphatic carbocycles. The molecule has 5 nitrogen and oxygen atoms in total. The van der Waals surface area contributed by atoms with Gasteiger partial charge >= 0.3 is 0 Å². The van der Waals surface area contributed by atoms with Gasteiger partial charge in [-0.05, 0) is 32.9 Å². The summed E-state index contributed by atoms with van der Waals surface area (Å²) in [6.45, 7) is 8.70. The van der Waals surface area contributed by atoms with Crippen molar-refractivity contribution in [3.05, 3.63) is 35.6 Å². The molecule has 0 saturated heterocycles. The van der Waals surface area contributed by atoms with Crippen molar-refractivity contribution in [1.29, 1.82) is 0 Å². The Morgan fingerprint density at radius 1 is 1.22 bits per heavy atom. The molecule has 126 valence electrons. The maximum absolute atomic E-state index is 12.4. The first-order chi connectivity index (χ1) is 11.1. The van der Waals surface area contributed by atoms with Crippen LogP contribution in [0.5, 0.6) is 0 Å². The number of carbonyl (C=O) groups is 1. The highest BCUT2D eigenvalue weighted by Crippen LogP contribution is 2.26. The van der Waals surface area contributed by atoms with Crippen LogP contribution in [-0.4, -0.2) is 31.6 Å². The van der Waals surface area contributed by atoms with E-state index in [0.29, 0.717) is 24.5 Å². The molecule has 0 radical (unpaired) electrons. The molecule has 1 amide bonds. The molecule has 1 aromatic carbocycles. The van der Waals surface area contributed by atoms with Crippen LogP contribution in [0.2, 0.25) is 0 Å². The van der Waals surface area contributed by atoms with Crippen LogP contribution in [-0.2, 0) is 11.3 Å². The van der Waals surface area contributed by atoms with Crippen molar-refractivity contribution in [2.24, 2.45) is 0 Å². The van der Waals surface area contributed by atoms with Gasteiger partial charge in [-0.15, -0.1) is 0 Å². The van der Waals surface area contributed by atoms with E-state index in [1.165, 1.54) is 0 Å². The lowest BCUT2D eigenvalue weighted by atomic mass is 10.1. The number of hydrogen-bond acceptors (Lipinski definition) is 4. The Kier molecular flexibility index (Phi) is 6.62. The van der Waals surface area contributed by atoms with Crippen molar-refractivity contribution >= 4 is 16.9 Å². The van der Waals surface area contributed by atoms with Crippen molar-refractivity contribution in [3.8, 4) is 0 Å². The summed E-state index contributed by atoms with van der Waals surface area (Å²) in [4.78, 5) is 12.4. The fourth-order valence-corrected chi connectivity index (χ4v) is 2.32. The van der Waals surface area contributed by atoms with Crippen LogP contribution >= 0.6 is 0 Å². The summed E-state index contributed by atoms with van der Waals surface area (Å²) in [7, 11) is 0. The van der Waals surface area contributed by atoms with Crippen LogP contribution in [0.3, 0.4) is 0 Å². The molecule has 2 aromatic rings. The minimum absolute atomic E-state index is 0.0952. The second-order valence-corrected chi connectivity index (χ2v) is 5.77. The second kappa shape index (κ2) is 8.70. The molecule has 0 saturated carbocycles. The third kappa shape index (κ3) is 4.81. The molecule has 1 heterocycles. The molecule has 0 aliphatic rings. The maximum atomic E-state index is 12.4. The number of para-hydroxylation sites is 1. The van der Waals surface area contributed by atoms with Gasteiger partial charge in [0.2, 0.25) is 0 Å². The van der Waals surface area contributed by atoms with Gasteiger partial charge in [0.05, 0.1) is 12.7 Å². The predicted molar refractivity (Wildman–Crippen MR) is 91.6 cm³/mol. The van der Waals surface area contributed by atoms with Crippen molar-refractivity contribution in [2.45, 2.75) is 39.9 Å². The van der Waals surface area contributed by atoms with E-state index in [0.717, 1.165) is 30.5 Å². The number of rotatable bonds is 9. The zero-order valence-electron chi connectivity index (χ0n) is 14.1. The van der Waals surface area contributed by atoms with Gasteiger partial charge < -0.3 is 19.8 Å². The van der Waals surface area contributed by atoms with Crippen LogP contribution in [0, 0.1) is 0 Å². The van der Waals surface area contributed by atoms with E-state index in [1.54, 1.807) is 0 Å². The van der Waals surface area contributed by atoms with Crippen molar-refractivity contribution in [3.63, 3.8) is 0 Å². The quantitative estimate of drug-likeness (QED) is 0.697. The van der Waals surface area contributed by atoms with Crippen LogP contribution in [0.25, 0.3) is 11.0 Å². The van der Waals surface area contributed by atoms with Gasteiger partial charge in [0, 0.05) is 24.0 Å². The molecule has 1 aromatic heterocycles. The smallest absolute Gasteiger partial charge is 0.287 e.